The molecule has 0 amide bonds. The van der Waals surface area contributed by atoms with Gasteiger partial charge in [-0.25, -0.2) is 13.2 Å². The first-order chi connectivity index (χ1) is 17.9. The molecular weight excluding hydrogens is 487 g/mol. The highest BCUT2D eigenvalue weighted by atomic mass is 19.3. The lowest BCUT2D eigenvalue weighted by Crippen LogP contribution is -2.26. The fourth-order valence-corrected chi connectivity index (χ4v) is 6.31. The average Bonchev–Trinajstić information content (AvgIpc) is 2.88. The predicted molar refractivity (Wildman–Crippen MR) is 133 cm³/mol. The zero-order chi connectivity index (χ0) is 26.4. The molecule has 203 valence electrons. The van der Waals surface area contributed by atoms with Crippen LogP contribution in [0, 0.1) is 41.3 Å². The van der Waals surface area contributed by atoms with E-state index in [0.717, 1.165) is 37.0 Å². The summed E-state index contributed by atoms with van der Waals surface area (Å²) < 4.78 is 78.3. The van der Waals surface area contributed by atoms with Crippen molar-refractivity contribution >= 4 is 0 Å². The van der Waals surface area contributed by atoms with Gasteiger partial charge in [0.2, 0.25) is 0 Å². The summed E-state index contributed by atoms with van der Waals surface area (Å²) in [4.78, 5) is 0. The zero-order valence-electron chi connectivity index (χ0n) is 21.4. The minimum Gasteiger partial charge on any atom is -0.453 e. The Morgan fingerprint density at radius 2 is 1.57 bits per heavy atom. The Bertz CT molecular complexity index is 1010. The Hall–Kier alpha value is -2.31. The van der Waals surface area contributed by atoms with Gasteiger partial charge in [0, 0.05) is 17.7 Å². The van der Waals surface area contributed by atoms with Crippen molar-refractivity contribution < 1.29 is 31.4 Å². The van der Waals surface area contributed by atoms with Crippen LogP contribution in [0.1, 0.15) is 95.5 Å². The molecule has 0 aliphatic heterocycles. The molecule has 0 saturated heterocycles. The molecule has 0 spiro atoms. The van der Waals surface area contributed by atoms with Gasteiger partial charge in [-0.15, -0.1) is 0 Å². The van der Waals surface area contributed by atoms with Gasteiger partial charge in [0.15, 0.2) is 23.1 Å². The summed E-state index contributed by atoms with van der Waals surface area (Å²) in [5, 5.41) is 0. The van der Waals surface area contributed by atoms with Crippen LogP contribution in [-0.4, -0.2) is 6.61 Å². The maximum absolute atomic E-state index is 15.4. The van der Waals surface area contributed by atoms with Crippen molar-refractivity contribution in [2.75, 3.05) is 0 Å². The number of benzene rings is 2. The number of unbranched alkanes of at least 4 members (excludes halogenated alkanes) is 2. The minimum atomic E-state index is -3.17. The molecule has 0 bridgehead atoms. The Labute approximate surface area is 216 Å². The molecule has 2 aromatic rings. The molecule has 2 saturated carbocycles. The van der Waals surface area contributed by atoms with Crippen LogP contribution in [0.4, 0.5) is 22.0 Å². The summed E-state index contributed by atoms with van der Waals surface area (Å²) in [6, 6.07) is 6.45. The minimum absolute atomic E-state index is 0.00930. The molecule has 2 aliphatic carbocycles. The molecule has 2 fully saturated rings. The van der Waals surface area contributed by atoms with Crippen molar-refractivity contribution in [2.45, 2.75) is 96.5 Å². The molecule has 37 heavy (non-hydrogen) atoms. The summed E-state index contributed by atoms with van der Waals surface area (Å²) in [5.41, 5.74) is -0.00930. The van der Waals surface area contributed by atoms with E-state index in [1.165, 1.54) is 57.4 Å². The molecule has 7 heteroatoms. The summed E-state index contributed by atoms with van der Waals surface area (Å²) in [6.07, 6.45) is 13.8. The number of hydrogen-bond donors (Lipinski definition) is 0. The molecule has 2 aliphatic rings. The van der Waals surface area contributed by atoms with Crippen LogP contribution in [0.25, 0.3) is 0 Å². The molecule has 2 aromatic carbocycles. The van der Waals surface area contributed by atoms with E-state index < -0.39 is 29.8 Å². The van der Waals surface area contributed by atoms with Crippen LogP contribution >= 0.6 is 0 Å². The summed E-state index contributed by atoms with van der Waals surface area (Å²) in [7, 11) is 0. The fourth-order valence-electron chi connectivity index (χ4n) is 6.31. The van der Waals surface area contributed by atoms with Crippen LogP contribution < -0.4 is 9.47 Å². The molecule has 1 radical (unpaired) electrons. The van der Waals surface area contributed by atoms with Crippen molar-refractivity contribution in [3.63, 3.8) is 0 Å². The molecule has 0 unspecified atom stereocenters. The zero-order valence-corrected chi connectivity index (χ0v) is 21.4. The third kappa shape index (κ3) is 7.17. The number of rotatable bonds is 10. The van der Waals surface area contributed by atoms with Gasteiger partial charge in [-0.1, -0.05) is 45.4 Å². The molecule has 2 nitrogen and oxygen atoms in total. The van der Waals surface area contributed by atoms with E-state index in [0.29, 0.717) is 24.7 Å². The van der Waals surface area contributed by atoms with Gasteiger partial charge in [0.05, 0.1) is 0 Å². The Morgan fingerprint density at radius 1 is 0.892 bits per heavy atom. The second-order valence-corrected chi connectivity index (χ2v) is 10.7. The van der Waals surface area contributed by atoms with Gasteiger partial charge in [0.1, 0.15) is 11.6 Å². The highest BCUT2D eigenvalue weighted by molar-refractivity contribution is 5.39. The van der Waals surface area contributed by atoms with Crippen molar-refractivity contribution in [1.82, 2.24) is 0 Å². The molecule has 0 heterocycles. The lowest BCUT2D eigenvalue weighted by Gasteiger charge is -2.38. The lowest BCUT2D eigenvalue weighted by atomic mass is 9.68. The Kier molecular flexibility index (Phi) is 9.71. The highest BCUT2D eigenvalue weighted by Crippen LogP contribution is 2.46. The number of hydrogen-bond acceptors (Lipinski definition) is 2. The van der Waals surface area contributed by atoms with E-state index >= 15 is 4.39 Å². The third-order valence-electron chi connectivity index (χ3n) is 8.32. The van der Waals surface area contributed by atoms with Crippen molar-refractivity contribution in [2.24, 2.45) is 17.8 Å². The summed E-state index contributed by atoms with van der Waals surface area (Å²) in [5.74, 6) is -1.75. The highest BCUT2D eigenvalue weighted by Gasteiger charge is 2.33. The average molecular weight is 524 g/mol. The van der Waals surface area contributed by atoms with E-state index in [1.54, 1.807) is 0 Å². The van der Waals surface area contributed by atoms with Gasteiger partial charge in [0.25, 0.3) is 0 Å². The SMILES string of the molecule is CCCCC[C@H]1CC[C@H](C2CCC(c3c(F)c[c]c(Oc4ccc(OC(F)F)c(F)c4)c3F)CC2)CC1. The first-order valence-corrected chi connectivity index (χ1v) is 13.7. The van der Waals surface area contributed by atoms with Gasteiger partial charge in [-0.05, 0) is 80.4 Å². The van der Waals surface area contributed by atoms with Gasteiger partial charge in [-0.3, -0.25) is 0 Å². The predicted octanol–water partition coefficient (Wildman–Crippen LogP) is 9.96. The summed E-state index contributed by atoms with van der Waals surface area (Å²) in [6.45, 7) is -0.935. The van der Waals surface area contributed by atoms with Crippen molar-refractivity contribution in [3.05, 3.63) is 53.3 Å². The smallest absolute Gasteiger partial charge is 0.387 e. The number of alkyl halides is 2. The lowest BCUT2D eigenvalue weighted by molar-refractivity contribution is -0.0522. The third-order valence-corrected chi connectivity index (χ3v) is 8.32. The second kappa shape index (κ2) is 13.0. The van der Waals surface area contributed by atoms with Crippen LogP contribution in [0.3, 0.4) is 0 Å². The molecule has 0 N–H and O–H groups in total. The summed E-state index contributed by atoms with van der Waals surface area (Å²) >= 11 is 0. The van der Waals surface area contributed by atoms with E-state index in [-0.39, 0.29) is 23.0 Å². The fraction of sp³-hybridized carbons (Fsp3) is 0.600. The maximum Gasteiger partial charge on any atom is 0.387 e. The van der Waals surface area contributed by atoms with Gasteiger partial charge in [-0.2, -0.15) is 8.78 Å². The standard InChI is InChI=1S/C30H36F5O2/c1-2-3-4-5-19-6-8-20(9-7-19)21-10-12-22(13-11-21)28-24(31)15-17-27(29(28)33)36-23-14-16-26(25(32)18-23)37-30(34)35/h14-16,18-22,30H,2-13H2,1H3/t19-,20-,21?,22?. The number of halogens is 5. The first-order valence-electron chi connectivity index (χ1n) is 13.7. The van der Waals surface area contributed by atoms with Gasteiger partial charge >= 0.3 is 6.61 Å². The molecule has 0 aromatic heterocycles. The van der Waals surface area contributed by atoms with Gasteiger partial charge < -0.3 is 9.47 Å². The van der Waals surface area contributed by atoms with E-state index in [4.69, 9.17) is 4.74 Å². The van der Waals surface area contributed by atoms with Crippen LogP contribution in [0.15, 0.2) is 24.3 Å². The molecular formula is C30H36F5O2. The Morgan fingerprint density at radius 3 is 2.19 bits per heavy atom. The quantitative estimate of drug-likeness (QED) is 0.228. The van der Waals surface area contributed by atoms with Crippen molar-refractivity contribution in [3.8, 4) is 17.2 Å². The van der Waals surface area contributed by atoms with Crippen molar-refractivity contribution in [1.29, 1.82) is 0 Å². The topological polar surface area (TPSA) is 18.5 Å². The molecule has 0 atom stereocenters. The monoisotopic (exact) mass is 523 g/mol. The second-order valence-electron chi connectivity index (χ2n) is 10.7. The van der Waals surface area contributed by atoms with E-state index in [1.807, 2.05) is 0 Å². The normalized spacial score (nSPS) is 24.3. The number of ether oxygens (including phenoxy) is 2. The van der Waals surface area contributed by atoms with E-state index in [9.17, 15) is 17.6 Å². The van der Waals surface area contributed by atoms with Crippen LogP contribution in [0.5, 0.6) is 17.2 Å². The maximum atomic E-state index is 15.4. The largest absolute Gasteiger partial charge is 0.453 e. The van der Waals surface area contributed by atoms with E-state index in [2.05, 4.69) is 17.7 Å². The molecule has 4 rings (SSSR count). The van der Waals surface area contributed by atoms with Crippen LogP contribution in [-0.2, 0) is 0 Å². The first kappa shape index (κ1) is 27.7. The van der Waals surface area contributed by atoms with Crippen LogP contribution in [0.2, 0.25) is 0 Å². The Balaban J connectivity index is 1.35.